The Balaban J connectivity index is 1.68. The fraction of sp³-hybridized carbons (Fsp3) is 0.214. The van der Waals surface area contributed by atoms with Gasteiger partial charge in [-0.25, -0.2) is 0 Å². The van der Waals surface area contributed by atoms with Crippen LogP contribution in [0.4, 0.5) is 0 Å². The smallest absolute Gasteiger partial charge is 0.261 e. The Hall–Kier alpha value is -3.56. The number of rotatable bonds is 11. The Kier molecular flexibility index (Phi) is 9.75. The van der Waals surface area contributed by atoms with Gasteiger partial charge in [-0.2, -0.15) is 5.26 Å². The third kappa shape index (κ3) is 7.50. The van der Waals surface area contributed by atoms with E-state index in [1.165, 1.54) is 5.56 Å². The Labute approximate surface area is 209 Å². The predicted octanol–water partition coefficient (Wildman–Crippen LogP) is 6.08. The van der Waals surface area contributed by atoms with Gasteiger partial charge in [0, 0.05) is 11.0 Å². The van der Waals surface area contributed by atoms with E-state index in [9.17, 15) is 10.1 Å². The topological polar surface area (TPSA) is 71.3 Å². The molecule has 0 atom stereocenters. The van der Waals surface area contributed by atoms with Crippen molar-refractivity contribution in [3.05, 3.63) is 99.5 Å². The summed E-state index contributed by atoms with van der Waals surface area (Å²) in [5, 5.41) is 12.4. The zero-order valence-electron chi connectivity index (χ0n) is 19.1. The fourth-order valence-electron chi connectivity index (χ4n) is 3.32. The van der Waals surface area contributed by atoms with E-state index in [4.69, 9.17) is 9.47 Å². The van der Waals surface area contributed by atoms with E-state index >= 15 is 0 Å². The van der Waals surface area contributed by atoms with Crippen molar-refractivity contribution in [3.63, 3.8) is 0 Å². The second kappa shape index (κ2) is 13.2. The maximum absolute atomic E-state index is 12.6. The number of halogens is 1. The molecule has 1 amide bonds. The summed E-state index contributed by atoms with van der Waals surface area (Å²) in [6.07, 6.45) is 3.21. The predicted molar refractivity (Wildman–Crippen MR) is 137 cm³/mol. The van der Waals surface area contributed by atoms with E-state index in [0.717, 1.165) is 18.4 Å². The van der Waals surface area contributed by atoms with E-state index in [1.807, 2.05) is 61.5 Å². The molecule has 0 aliphatic heterocycles. The third-order valence-electron chi connectivity index (χ3n) is 5.04. The van der Waals surface area contributed by atoms with E-state index in [2.05, 4.69) is 33.4 Å². The summed E-state index contributed by atoms with van der Waals surface area (Å²) in [6.45, 7) is 3.24. The van der Waals surface area contributed by atoms with Crippen molar-refractivity contribution < 1.29 is 14.3 Å². The first-order chi connectivity index (χ1) is 16.6. The van der Waals surface area contributed by atoms with Crippen LogP contribution >= 0.6 is 15.9 Å². The maximum atomic E-state index is 12.6. The minimum Gasteiger partial charge on any atom is -0.490 e. The summed E-state index contributed by atoms with van der Waals surface area (Å²) in [5.74, 6) is 0.733. The number of aryl methyl sites for hydroxylation is 1. The Morgan fingerprint density at radius 1 is 1.00 bits per heavy atom. The number of nitrogens with one attached hydrogen (secondary N) is 1. The van der Waals surface area contributed by atoms with E-state index in [0.29, 0.717) is 41.3 Å². The van der Waals surface area contributed by atoms with E-state index < -0.39 is 5.91 Å². The van der Waals surface area contributed by atoms with Gasteiger partial charge in [0.05, 0.1) is 6.61 Å². The Morgan fingerprint density at radius 2 is 1.65 bits per heavy atom. The number of hydrogen-bond donors (Lipinski definition) is 1. The normalized spacial score (nSPS) is 10.9. The van der Waals surface area contributed by atoms with Gasteiger partial charge in [0.15, 0.2) is 11.5 Å². The van der Waals surface area contributed by atoms with E-state index in [-0.39, 0.29) is 5.57 Å². The summed E-state index contributed by atoms with van der Waals surface area (Å²) in [7, 11) is 0. The lowest BCUT2D eigenvalue weighted by Gasteiger charge is -2.14. The zero-order valence-corrected chi connectivity index (χ0v) is 20.7. The highest BCUT2D eigenvalue weighted by Gasteiger charge is 2.14. The van der Waals surface area contributed by atoms with Crippen LogP contribution in [-0.2, 0) is 17.8 Å². The average molecular weight is 519 g/mol. The molecule has 0 aliphatic rings. The second-order valence-corrected chi connectivity index (χ2v) is 8.40. The molecule has 0 saturated heterocycles. The number of hydrogen-bond acceptors (Lipinski definition) is 4. The first kappa shape index (κ1) is 25.1. The van der Waals surface area contributed by atoms with E-state index in [1.54, 1.807) is 18.2 Å². The van der Waals surface area contributed by atoms with Gasteiger partial charge in [-0.15, -0.1) is 0 Å². The van der Waals surface area contributed by atoms with Crippen LogP contribution in [0.5, 0.6) is 11.5 Å². The molecule has 1 N–H and O–H groups in total. The molecule has 174 valence electrons. The molecular weight excluding hydrogens is 492 g/mol. The number of nitriles is 1. The number of benzene rings is 3. The zero-order chi connectivity index (χ0) is 24.2. The highest BCUT2D eigenvalue weighted by Crippen LogP contribution is 2.35. The van der Waals surface area contributed by atoms with Crippen molar-refractivity contribution >= 4 is 27.9 Å². The van der Waals surface area contributed by atoms with Gasteiger partial charge >= 0.3 is 0 Å². The lowest BCUT2D eigenvalue weighted by molar-refractivity contribution is -0.117. The van der Waals surface area contributed by atoms with Crippen molar-refractivity contribution in [2.45, 2.75) is 26.4 Å². The molecule has 34 heavy (non-hydrogen) atoms. The molecule has 0 fully saturated rings. The first-order valence-corrected chi connectivity index (χ1v) is 12.0. The highest BCUT2D eigenvalue weighted by atomic mass is 79.9. The van der Waals surface area contributed by atoms with Crippen molar-refractivity contribution in [2.24, 2.45) is 0 Å². The summed E-state index contributed by atoms with van der Waals surface area (Å²) < 4.78 is 12.4. The minimum atomic E-state index is -0.398. The van der Waals surface area contributed by atoms with Crippen LogP contribution in [0.25, 0.3) is 6.08 Å². The van der Waals surface area contributed by atoms with Gasteiger partial charge in [0.1, 0.15) is 18.2 Å². The fourth-order valence-corrected chi connectivity index (χ4v) is 3.75. The summed E-state index contributed by atoms with van der Waals surface area (Å²) in [6, 6.07) is 25.5. The largest absolute Gasteiger partial charge is 0.490 e. The first-order valence-electron chi connectivity index (χ1n) is 11.2. The number of ether oxygens (including phenoxy) is 2. The monoisotopic (exact) mass is 518 g/mol. The molecule has 3 rings (SSSR count). The van der Waals surface area contributed by atoms with Gasteiger partial charge in [-0.1, -0.05) is 76.6 Å². The number of carbonyl (C=O) groups excluding carboxylic acids is 1. The number of carbonyl (C=O) groups is 1. The molecule has 3 aromatic rings. The van der Waals surface area contributed by atoms with Crippen LogP contribution in [0.1, 0.15) is 30.0 Å². The third-order valence-corrected chi connectivity index (χ3v) is 5.72. The Bertz CT molecular complexity index is 1160. The molecule has 0 spiro atoms. The van der Waals surface area contributed by atoms with Gasteiger partial charge in [-0.3, -0.25) is 4.79 Å². The van der Waals surface area contributed by atoms with Crippen LogP contribution in [0, 0.1) is 11.3 Å². The van der Waals surface area contributed by atoms with Gasteiger partial charge in [-0.05, 0) is 54.7 Å². The minimum absolute atomic E-state index is 0.0285. The summed E-state index contributed by atoms with van der Waals surface area (Å²) in [4.78, 5) is 12.6. The molecular formula is C28H27BrN2O3. The molecule has 0 aliphatic carbocycles. The number of amides is 1. The SMILES string of the molecule is CCOc1cc(/C=C(/C#N)C(=O)NCCCc2ccccc2)c(Br)cc1OCc1ccccc1. The van der Waals surface area contributed by atoms with Crippen LogP contribution in [0.2, 0.25) is 0 Å². The van der Waals surface area contributed by atoms with Crippen LogP contribution in [-0.4, -0.2) is 19.1 Å². The van der Waals surface area contributed by atoms with Crippen LogP contribution in [0.3, 0.4) is 0 Å². The number of nitrogens with zero attached hydrogens (tertiary/aromatic N) is 1. The van der Waals surface area contributed by atoms with Crippen molar-refractivity contribution in [1.29, 1.82) is 5.26 Å². The van der Waals surface area contributed by atoms with Crippen molar-refractivity contribution in [2.75, 3.05) is 13.2 Å². The maximum Gasteiger partial charge on any atom is 0.261 e. The standard InChI is InChI=1S/C28H27BrN2O3/c1-2-33-26-17-23(25(29)18-27(26)34-20-22-12-7-4-8-13-22)16-24(19-30)28(32)31-15-9-14-21-10-5-3-6-11-21/h3-8,10-13,16-18H,2,9,14-15,20H2,1H3,(H,31,32)/b24-16-. The molecule has 0 bridgehead atoms. The van der Waals surface area contributed by atoms with Crippen LogP contribution in [0.15, 0.2) is 82.8 Å². The van der Waals surface area contributed by atoms with Gasteiger partial charge < -0.3 is 14.8 Å². The summed E-state index contributed by atoms with van der Waals surface area (Å²) >= 11 is 3.53. The Morgan fingerprint density at radius 3 is 2.29 bits per heavy atom. The lowest BCUT2D eigenvalue weighted by atomic mass is 10.1. The van der Waals surface area contributed by atoms with Crippen molar-refractivity contribution in [1.82, 2.24) is 5.32 Å². The molecule has 3 aromatic carbocycles. The molecule has 0 unspecified atom stereocenters. The lowest BCUT2D eigenvalue weighted by Crippen LogP contribution is -2.25. The molecule has 5 nitrogen and oxygen atoms in total. The highest BCUT2D eigenvalue weighted by molar-refractivity contribution is 9.10. The quantitative estimate of drug-likeness (QED) is 0.189. The van der Waals surface area contributed by atoms with Crippen LogP contribution < -0.4 is 14.8 Å². The van der Waals surface area contributed by atoms with Gasteiger partial charge in [0.25, 0.3) is 5.91 Å². The molecule has 0 heterocycles. The second-order valence-electron chi connectivity index (χ2n) is 7.54. The van der Waals surface area contributed by atoms with Crippen molar-refractivity contribution in [3.8, 4) is 17.6 Å². The average Bonchev–Trinajstić information content (AvgIpc) is 2.87. The van der Waals surface area contributed by atoms with Gasteiger partial charge in [0.2, 0.25) is 0 Å². The summed E-state index contributed by atoms with van der Waals surface area (Å²) in [5.41, 5.74) is 2.95. The molecule has 0 radical (unpaired) electrons. The molecule has 0 saturated carbocycles. The molecule has 0 aromatic heterocycles. The molecule has 6 heteroatoms.